The molecule has 5 rings (SSSR count). The van der Waals surface area contributed by atoms with Crippen LogP contribution < -0.4 is 0 Å². The first-order valence-electron chi connectivity index (χ1n) is 9.60. The van der Waals surface area contributed by atoms with Gasteiger partial charge in [0.05, 0.1) is 0 Å². The first kappa shape index (κ1) is 15.3. The summed E-state index contributed by atoms with van der Waals surface area (Å²) in [6.07, 6.45) is 9.12. The van der Waals surface area contributed by atoms with Crippen molar-refractivity contribution in [3.63, 3.8) is 0 Å². The molecule has 130 valence electrons. The van der Waals surface area contributed by atoms with Gasteiger partial charge in [-0.3, -0.25) is 0 Å². The molecular weight excluding hydrogens is 304 g/mol. The van der Waals surface area contributed by atoms with Crippen LogP contribution in [0.2, 0.25) is 0 Å². The van der Waals surface area contributed by atoms with E-state index in [-0.39, 0.29) is 6.10 Å². The Bertz CT molecular complexity index is 570. The van der Waals surface area contributed by atoms with E-state index in [9.17, 15) is 0 Å². The van der Waals surface area contributed by atoms with E-state index in [1.165, 1.54) is 32.1 Å². The van der Waals surface area contributed by atoms with Gasteiger partial charge < -0.3 is 0 Å². The highest BCUT2D eigenvalue weighted by atomic mass is 17.3. The maximum absolute atomic E-state index is 6.25. The minimum absolute atomic E-state index is 0.0627. The molecule has 4 fully saturated rings. The van der Waals surface area contributed by atoms with Crippen LogP contribution in [0.25, 0.3) is 0 Å². The second-order valence-corrected chi connectivity index (χ2v) is 7.99. The average Bonchev–Trinajstić information content (AvgIpc) is 3.18. The molecule has 4 nitrogen and oxygen atoms in total. The van der Waals surface area contributed by atoms with Gasteiger partial charge in [-0.2, -0.15) is 4.89 Å². The van der Waals surface area contributed by atoms with Gasteiger partial charge >= 0.3 is 0 Å². The fourth-order valence-corrected chi connectivity index (χ4v) is 5.50. The molecule has 0 radical (unpaired) electrons. The molecule has 3 saturated carbocycles. The van der Waals surface area contributed by atoms with Crippen molar-refractivity contribution in [2.75, 3.05) is 0 Å². The van der Waals surface area contributed by atoms with E-state index in [0.29, 0.717) is 17.8 Å². The minimum atomic E-state index is -0.506. The van der Waals surface area contributed by atoms with E-state index >= 15 is 0 Å². The summed E-state index contributed by atoms with van der Waals surface area (Å²) in [4.78, 5) is 24.0. The van der Waals surface area contributed by atoms with Gasteiger partial charge in [-0.1, -0.05) is 49.6 Å². The lowest BCUT2D eigenvalue weighted by molar-refractivity contribution is -0.456. The second-order valence-electron chi connectivity index (χ2n) is 7.99. The predicted octanol–water partition coefficient (Wildman–Crippen LogP) is 4.50. The molecule has 4 heteroatoms. The molecule has 1 heterocycles. The molecule has 3 aliphatic carbocycles. The maximum Gasteiger partial charge on any atom is 0.227 e. The summed E-state index contributed by atoms with van der Waals surface area (Å²) in [5, 5.41) is 0. The van der Waals surface area contributed by atoms with Gasteiger partial charge in [-0.15, -0.1) is 0 Å². The zero-order chi connectivity index (χ0) is 16.0. The molecular formula is C20H26O4. The molecule has 1 aromatic rings. The van der Waals surface area contributed by atoms with Crippen molar-refractivity contribution in [3.8, 4) is 0 Å². The van der Waals surface area contributed by atoms with Crippen LogP contribution >= 0.6 is 0 Å². The fraction of sp³-hybridized carbons (Fsp3) is 0.700. The summed E-state index contributed by atoms with van der Waals surface area (Å²) >= 11 is 0. The molecule has 5 atom stereocenters. The molecule has 0 spiro atoms. The highest BCUT2D eigenvalue weighted by molar-refractivity contribution is 5.29. The minimum Gasteiger partial charge on any atom is -0.227 e. The standard InChI is InChI=1S/C20H26O4/c1-3-7-14(8-4-1)19-22-21-18-15-11-12-17(13-15)20(18,24-23-19)16-9-5-2-6-10-16/h2,5-6,9-10,14-15,17-19H,1,3-4,7-8,11-13H2/t15-,17+,18+,19?,20-/m0/s1. The van der Waals surface area contributed by atoms with Gasteiger partial charge in [0.15, 0.2) is 5.60 Å². The van der Waals surface area contributed by atoms with Crippen molar-refractivity contribution in [1.29, 1.82) is 0 Å². The van der Waals surface area contributed by atoms with Crippen LogP contribution in [-0.2, 0) is 25.2 Å². The van der Waals surface area contributed by atoms with Crippen LogP contribution in [0.15, 0.2) is 30.3 Å². The monoisotopic (exact) mass is 330 g/mol. The topological polar surface area (TPSA) is 36.9 Å². The highest BCUT2D eigenvalue weighted by Gasteiger charge is 2.64. The maximum atomic E-state index is 6.25. The van der Waals surface area contributed by atoms with E-state index in [1.54, 1.807) is 0 Å². The van der Waals surface area contributed by atoms with Crippen LogP contribution in [-0.4, -0.2) is 12.4 Å². The largest absolute Gasteiger partial charge is 0.227 e. The van der Waals surface area contributed by atoms with Crippen molar-refractivity contribution in [2.24, 2.45) is 17.8 Å². The number of hydrogen-bond donors (Lipinski definition) is 0. The molecule has 4 aliphatic rings. The first-order valence-corrected chi connectivity index (χ1v) is 9.60. The van der Waals surface area contributed by atoms with Gasteiger partial charge in [-0.05, 0) is 49.5 Å². The summed E-state index contributed by atoms with van der Waals surface area (Å²) < 4.78 is 0. The number of benzene rings is 1. The van der Waals surface area contributed by atoms with Crippen molar-refractivity contribution in [2.45, 2.75) is 69.4 Å². The summed E-state index contributed by atoms with van der Waals surface area (Å²) in [6.45, 7) is 0. The van der Waals surface area contributed by atoms with Crippen LogP contribution in [0, 0.1) is 17.8 Å². The lowest BCUT2D eigenvalue weighted by Crippen LogP contribution is -2.46. The first-order chi connectivity index (χ1) is 11.9. The van der Waals surface area contributed by atoms with Crippen molar-refractivity contribution >= 4 is 0 Å². The third-order valence-corrected chi connectivity index (χ3v) is 6.73. The van der Waals surface area contributed by atoms with Crippen LogP contribution in [0.3, 0.4) is 0 Å². The Morgan fingerprint density at radius 3 is 2.46 bits per heavy atom. The van der Waals surface area contributed by atoms with Crippen molar-refractivity contribution in [1.82, 2.24) is 0 Å². The van der Waals surface area contributed by atoms with Crippen molar-refractivity contribution in [3.05, 3.63) is 35.9 Å². The van der Waals surface area contributed by atoms with Gasteiger partial charge in [0.2, 0.25) is 6.29 Å². The lowest BCUT2D eigenvalue weighted by atomic mass is 9.77. The number of rotatable bonds is 2. The van der Waals surface area contributed by atoms with Crippen LogP contribution in [0.5, 0.6) is 0 Å². The van der Waals surface area contributed by atoms with Crippen LogP contribution in [0.1, 0.15) is 56.9 Å². The molecule has 24 heavy (non-hydrogen) atoms. The Hall–Kier alpha value is -0.940. The van der Waals surface area contributed by atoms with E-state index in [1.807, 2.05) is 6.07 Å². The molecule has 1 aliphatic heterocycles. The summed E-state index contributed by atoms with van der Waals surface area (Å²) in [5.41, 5.74) is 0.656. The van der Waals surface area contributed by atoms with Gasteiger partial charge in [0.25, 0.3) is 0 Å². The molecule has 1 saturated heterocycles. The quantitative estimate of drug-likeness (QED) is 0.748. The van der Waals surface area contributed by atoms with Crippen molar-refractivity contribution < 1.29 is 19.6 Å². The summed E-state index contributed by atoms with van der Waals surface area (Å²) in [5.74, 6) is 1.33. The summed E-state index contributed by atoms with van der Waals surface area (Å²) in [6, 6.07) is 10.5. The Morgan fingerprint density at radius 1 is 0.792 bits per heavy atom. The highest BCUT2D eigenvalue weighted by Crippen LogP contribution is 2.60. The average molecular weight is 330 g/mol. The number of fused-ring (bicyclic) bond motifs is 5. The normalized spacial score (nSPS) is 42.7. The summed E-state index contributed by atoms with van der Waals surface area (Å²) in [7, 11) is 0. The Kier molecular flexibility index (Phi) is 3.89. The molecule has 1 unspecified atom stereocenters. The third-order valence-electron chi connectivity index (χ3n) is 6.73. The van der Waals surface area contributed by atoms with E-state index in [2.05, 4.69) is 24.3 Å². The third kappa shape index (κ3) is 2.27. The van der Waals surface area contributed by atoms with Gasteiger partial charge in [0.1, 0.15) is 6.10 Å². The zero-order valence-electron chi connectivity index (χ0n) is 14.1. The van der Waals surface area contributed by atoms with Gasteiger partial charge in [-0.25, -0.2) is 14.7 Å². The molecule has 0 aromatic heterocycles. The molecule has 1 aromatic carbocycles. The fourth-order valence-electron chi connectivity index (χ4n) is 5.50. The molecule has 0 amide bonds. The Labute approximate surface area is 143 Å². The number of hydrogen-bond acceptors (Lipinski definition) is 4. The lowest BCUT2D eigenvalue weighted by Gasteiger charge is -2.39. The SMILES string of the molecule is c1ccc([C@@]23OOC(C4CCCCC4)OO[C@@H]2[C@H]2CC[C@@H]3C2)cc1. The van der Waals surface area contributed by atoms with Crippen LogP contribution in [0.4, 0.5) is 0 Å². The molecule has 0 N–H and O–H groups in total. The van der Waals surface area contributed by atoms with Gasteiger partial charge in [0, 0.05) is 5.92 Å². The van der Waals surface area contributed by atoms with E-state index in [0.717, 1.165) is 24.8 Å². The van der Waals surface area contributed by atoms with E-state index in [4.69, 9.17) is 19.6 Å². The smallest absolute Gasteiger partial charge is 0.227 e. The second kappa shape index (κ2) is 6.10. The van der Waals surface area contributed by atoms with E-state index < -0.39 is 11.9 Å². The Morgan fingerprint density at radius 2 is 1.62 bits per heavy atom. The predicted molar refractivity (Wildman–Crippen MR) is 87.4 cm³/mol. The zero-order valence-corrected chi connectivity index (χ0v) is 14.1. The molecule has 2 bridgehead atoms. The Balaban J connectivity index is 1.45.